The molecule has 1 saturated heterocycles. The lowest BCUT2D eigenvalue weighted by Gasteiger charge is -2.26. The largest absolute Gasteiger partial charge is 0.366 e. The number of carbonyl (C=O) groups is 1. The lowest BCUT2D eigenvalue weighted by Crippen LogP contribution is -2.35. The molecule has 1 fully saturated rings. The van der Waals surface area contributed by atoms with Crippen molar-refractivity contribution in [2.45, 2.75) is 25.8 Å². The molecule has 6 heteroatoms. The number of fused-ring (bicyclic) bond motifs is 1. The van der Waals surface area contributed by atoms with Crippen molar-refractivity contribution in [2.24, 2.45) is 0 Å². The molecule has 126 valence electrons. The van der Waals surface area contributed by atoms with E-state index in [1.54, 1.807) is 12.4 Å². The van der Waals surface area contributed by atoms with Crippen LogP contribution < -0.4 is 10.2 Å². The molecule has 1 aliphatic rings. The second-order valence-corrected chi connectivity index (χ2v) is 6.12. The van der Waals surface area contributed by atoms with Gasteiger partial charge in [0.2, 0.25) is 5.91 Å². The SMILES string of the molecule is O=C1CCCCN1c1ccc(CNc2ccc3nccnc3n2)cc1. The fourth-order valence-corrected chi connectivity index (χ4v) is 3.02. The highest BCUT2D eigenvalue weighted by Gasteiger charge is 2.19. The zero-order chi connectivity index (χ0) is 17.1. The van der Waals surface area contributed by atoms with Crippen molar-refractivity contribution < 1.29 is 4.79 Å². The Balaban J connectivity index is 1.43. The van der Waals surface area contributed by atoms with E-state index in [4.69, 9.17) is 0 Å². The van der Waals surface area contributed by atoms with Gasteiger partial charge in [-0.15, -0.1) is 0 Å². The monoisotopic (exact) mass is 333 g/mol. The molecule has 4 rings (SSSR count). The van der Waals surface area contributed by atoms with Crippen LogP contribution in [0.3, 0.4) is 0 Å². The fraction of sp³-hybridized carbons (Fsp3) is 0.263. The average molecular weight is 333 g/mol. The van der Waals surface area contributed by atoms with Crippen LogP contribution in [0, 0.1) is 0 Å². The molecular weight excluding hydrogens is 314 g/mol. The first-order chi connectivity index (χ1) is 12.3. The highest BCUT2D eigenvalue weighted by molar-refractivity contribution is 5.93. The van der Waals surface area contributed by atoms with E-state index < -0.39 is 0 Å². The number of nitrogens with one attached hydrogen (secondary N) is 1. The van der Waals surface area contributed by atoms with Gasteiger partial charge in [-0.05, 0) is 42.7 Å². The number of hydrogen-bond acceptors (Lipinski definition) is 5. The molecule has 25 heavy (non-hydrogen) atoms. The molecule has 0 unspecified atom stereocenters. The van der Waals surface area contributed by atoms with Gasteiger partial charge in [-0.2, -0.15) is 0 Å². The van der Waals surface area contributed by atoms with Gasteiger partial charge < -0.3 is 10.2 Å². The maximum atomic E-state index is 12.0. The van der Waals surface area contributed by atoms with Crippen molar-refractivity contribution in [1.29, 1.82) is 0 Å². The number of anilines is 2. The molecule has 1 aliphatic heterocycles. The summed E-state index contributed by atoms with van der Waals surface area (Å²) in [6.07, 6.45) is 6.03. The normalized spacial score (nSPS) is 14.7. The van der Waals surface area contributed by atoms with Crippen molar-refractivity contribution in [3.8, 4) is 0 Å². The molecule has 6 nitrogen and oxygen atoms in total. The molecule has 0 aliphatic carbocycles. The molecule has 1 amide bonds. The van der Waals surface area contributed by atoms with Gasteiger partial charge >= 0.3 is 0 Å². The first-order valence-corrected chi connectivity index (χ1v) is 8.50. The van der Waals surface area contributed by atoms with E-state index >= 15 is 0 Å². The summed E-state index contributed by atoms with van der Waals surface area (Å²) in [5, 5.41) is 3.30. The molecule has 0 spiro atoms. The minimum Gasteiger partial charge on any atom is -0.366 e. The second kappa shape index (κ2) is 6.84. The highest BCUT2D eigenvalue weighted by atomic mass is 16.2. The molecular formula is C19H19N5O. The van der Waals surface area contributed by atoms with E-state index in [1.165, 1.54) is 0 Å². The number of amides is 1. The van der Waals surface area contributed by atoms with E-state index in [0.717, 1.165) is 42.0 Å². The van der Waals surface area contributed by atoms with Crippen molar-refractivity contribution in [2.75, 3.05) is 16.8 Å². The second-order valence-electron chi connectivity index (χ2n) is 6.12. The molecule has 2 aromatic heterocycles. The van der Waals surface area contributed by atoms with Crippen LogP contribution in [0.15, 0.2) is 48.8 Å². The zero-order valence-electron chi connectivity index (χ0n) is 13.9. The quantitative estimate of drug-likeness (QED) is 0.794. The van der Waals surface area contributed by atoms with Gasteiger partial charge in [0, 0.05) is 37.6 Å². The van der Waals surface area contributed by atoms with Crippen LogP contribution in [0.25, 0.3) is 11.2 Å². The number of rotatable bonds is 4. The fourth-order valence-electron chi connectivity index (χ4n) is 3.02. The number of carbonyl (C=O) groups excluding carboxylic acids is 1. The van der Waals surface area contributed by atoms with Gasteiger partial charge in [0.25, 0.3) is 0 Å². The Bertz CT molecular complexity index is 894. The van der Waals surface area contributed by atoms with Gasteiger partial charge in [0.15, 0.2) is 5.65 Å². The summed E-state index contributed by atoms with van der Waals surface area (Å²) in [6.45, 7) is 1.48. The molecule has 3 heterocycles. The number of pyridine rings is 1. The summed E-state index contributed by atoms with van der Waals surface area (Å²) in [5.74, 6) is 0.988. The Morgan fingerprint density at radius 3 is 2.68 bits per heavy atom. The first-order valence-electron chi connectivity index (χ1n) is 8.50. The summed E-state index contributed by atoms with van der Waals surface area (Å²) in [6, 6.07) is 11.9. The van der Waals surface area contributed by atoms with Crippen LogP contribution in [0.4, 0.5) is 11.5 Å². The summed E-state index contributed by atoms with van der Waals surface area (Å²) < 4.78 is 0. The molecule has 0 saturated carbocycles. The van der Waals surface area contributed by atoms with Crippen molar-refractivity contribution in [3.63, 3.8) is 0 Å². The lowest BCUT2D eigenvalue weighted by molar-refractivity contribution is -0.119. The van der Waals surface area contributed by atoms with E-state index in [2.05, 4.69) is 20.3 Å². The van der Waals surface area contributed by atoms with Crippen LogP contribution in [0.5, 0.6) is 0 Å². The maximum absolute atomic E-state index is 12.0. The Morgan fingerprint density at radius 2 is 1.84 bits per heavy atom. The summed E-state index contributed by atoms with van der Waals surface area (Å²) >= 11 is 0. The van der Waals surface area contributed by atoms with Gasteiger partial charge in [-0.25, -0.2) is 9.97 Å². The number of hydrogen-bond donors (Lipinski definition) is 1. The number of aromatic nitrogens is 3. The molecule has 1 aromatic carbocycles. The lowest BCUT2D eigenvalue weighted by atomic mass is 10.1. The van der Waals surface area contributed by atoms with Crippen molar-refractivity contribution in [3.05, 3.63) is 54.4 Å². The number of nitrogens with zero attached hydrogens (tertiary/aromatic N) is 4. The van der Waals surface area contributed by atoms with E-state index in [-0.39, 0.29) is 5.91 Å². The van der Waals surface area contributed by atoms with E-state index in [9.17, 15) is 4.79 Å². The van der Waals surface area contributed by atoms with Gasteiger partial charge in [0.05, 0.1) is 0 Å². The van der Waals surface area contributed by atoms with E-state index in [0.29, 0.717) is 18.6 Å². The molecule has 0 radical (unpaired) electrons. The Kier molecular flexibility index (Phi) is 4.24. The summed E-state index contributed by atoms with van der Waals surface area (Å²) in [5.41, 5.74) is 3.52. The predicted molar refractivity (Wildman–Crippen MR) is 97.3 cm³/mol. The minimum atomic E-state index is 0.221. The molecule has 1 N–H and O–H groups in total. The predicted octanol–water partition coefficient (Wildman–Crippen LogP) is 3.15. The van der Waals surface area contributed by atoms with Crippen LogP contribution in [-0.4, -0.2) is 27.4 Å². The van der Waals surface area contributed by atoms with Crippen LogP contribution in [0.2, 0.25) is 0 Å². The topological polar surface area (TPSA) is 71.0 Å². The van der Waals surface area contributed by atoms with Crippen molar-refractivity contribution >= 4 is 28.6 Å². The molecule has 0 bridgehead atoms. The van der Waals surface area contributed by atoms with Crippen molar-refractivity contribution in [1.82, 2.24) is 15.0 Å². The van der Waals surface area contributed by atoms with Gasteiger partial charge in [-0.1, -0.05) is 12.1 Å². The Morgan fingerprint density at radius 1 is 1.00 bits per heavy atom. The summed E-state index contributed by atoms with van der Waals surface area (Å²) in [4.78, 5) is 26.8. The Labute approximate surface area is 145 Å². The summed E-state index contributed by atoms with van der Waals surface area (Å²) in [7, 11) is 0. The van der Waals surface area contributed by atoms with Gasteiger partial charge in [-0.3, -0.25) is 9.78 Å². The van der Waals surface area contributed by atoms with Crippen LogP contribution >= 0.6 is 0 Å². The molecule has 3 aromatic rings. The average Bonchev–Trinajstić information content (AvgIpc) is 2.67. The maximum Gasteiger partial charge on any atom is 0.226 e. The third-order valence-electron chi connectivity index (χ3n) is 4.38. The standard InChI is InChI=1S/C19H19N5O/c25-18-3-1-2-12-24(18)15-6-4-14(5-7-15)13-22-17-9-8-16-19(23-17)21-11-10-20-16/h4-11H,1-3,12-13H2,(H,21,22,23). The third kappa shape index (κ3) is 3.42. The van der Waals surface area contributed by atoms with Crippen LogP contribution in [0.1, 0.15) is 24.8 Å². The first kappa shape index (κ1) is 15.5. The smallest absolute Gasteiger partial charge is 0.226 e. The van der Waals surface area contributed by atoms with E-state index in [1.807, 2.05) is 41.3 Å². The van der Waals surface area contributed by atoms with Gasteiger partial charge in [0.1, 0.15) is 11.3 Å². The number of benzene rings is 1. The Hall–Kier alpha value is -3.02. The minimum absolute atomic E-state index is 0.221. The third-order valence-corrected chi connectivity index (χ3v) is 4.38. The van der Waals surface area contributed by atoms with Crippen LogP contribution in [-0.2, 0) is 11.3 Å². The highest BCUT2D eigenvalue weighted by Crippen LogP contribution is 2.21. The number of piperidine rings is 1. The zero-order valence-corrected chi connectivity index (χ0v) is 13.9. The molecule has 0 atom stereocenters.